The smallest absolute Gasteiger partial charge is 0.136 e. The SMILES string of the molecule is NCC(Sc1cc(F)ccc1F)c1ccc(F)cc1. The molecule has 0 spiro atoms. The molecule has 0 amide bonds. The van der Waals surface area contributed by atoms with E-state index < -0.39 is 11.6 Å². The van der Waals surface area contributed by atoms with Crippen molar-refractivity contribution in [3.8, 4) is 0 Å². The summed E-state index contributed by atoms with van der Waals surface area (Å²) in [6.45, 7) is 0.242. The monoisotopic (exact) mass is 283 g/mol. The maximum absolute atomic E-state index is 13.6. The second kappa shape index (κ2) is 6.12. The van der Waals surface area contributed by atoms with Crippen molar-refractivity contribution < 1.29 is 13.2 Å². The summed E-state index contributed by atoms with van der Waals surface area (Å²) in [4.78, 5) is 0.194. The summed E-state index contributed by atoms with van der Waals surface area (Å²) >= 11 is 1.13. The predicted octanol–water partition coefficient (Wildman–Crippen LogP) is 3.90. The van der Waals surface area contributed by atoms with Gasteiger partial charge in [-0.2, -0.15) is 0 Å². The normalized spacial score (nSPS) is 12.4. The molecule has 1 nitrogen and oxygen atoms in total. The minimum atomic E-state index is -0.501. The first kappa shape index (κ1) is 14.0. The molecule has 2 aromatic carbocycles. The largest absolute Gasteiger partial charge is 0.329 e. The second-order valence-corrected chi connectivity index (χ2v) is 5.21. The van der Waals surface area contributed by atoms with Crippen LogP contribution in [-0.2, 0) is 0 Å². The Morgan fingerprint density at radius 2 is 1.58 bits per heavy atom. The maximum Gasteiger partial charge on any atom is 0.136 e. The maximum atomic E-state index is 13.6. The molecule has 2 N–H and O–H groups in total. The van der Waals surface area contributed by atoms with Gasteiger partial charge in [0, 0.05) is 16.7 Å². The first-order valence-electron chi connectivity index (χ1n) is 5.67. The highest BCUT2D eigenvalue weighted by molar-refractivity contribution is 7.99. The summed E-state index contributed by atoms with van der Waals surface area (Å²) in [5.74, 6) is -1.34. The van der Waals surface area contributed by atoms with Crippen molar-refractivity contribution in [3.63, 3.8) is 0 Å². The van der Waals surface area contributed by atoms with Gasteiger partial charge in [0.05, 0.1) is 0 Å². The van der Waals surface area contributed by atoms with Gasteiger partial charge in [0.1, 0.15) is 17.5 Å². The van der Waals surface area contributed by atoms with Crippen LogP contribution in [-0.4, -0.2) is 6.54 Å². The number of hydrogen-bond donors (Lipinski definition) is 1. The highest BCUT2D eigenvalue weighted by Gasteiger charge is 2.14. The van der Waals surface area contributed by atoms with Crippen molar-refractivity contribution in [2.24, 2.45) is 5.73 Å². The molecule has 19 heavy (non-hydrogen) atoms. The van der Waals surface area contributed by atoms with E-state index in [0.29, 0.717) is 0 Å². The van der Waals surface area contributed by atoms with Crippen LogP contribution in [0, 0.1) is 17.5 Å². The number of halogens is 3. The zero-order valence-corrected chi connectivity index (χ0v) is 10.8. The number of thioether (sulfide) groups is 1. The van der Waals surface area contributed by atoms with Gasteiger partial charge in [0.15, 0.2) is 0 Å². The lowest BCUT2D eigenvalue weighted by Crippen LogP contribution is -2.09. The van der Waals surface area contributed by atoms with Crippen molar-refractivity contribution in [2.45, 2.75) is 10.1 Å². The van der Waals surface area contributed by atoms with E-state index in [1.165, 1.54) is 12.1 Å². The van der Waals surface area contributed by atoms with Gasteiger partial charge in [-0.25, -0.2) is 13.2 Å². The summed E-state index contributed by atoms with van der Waals surface area (Å²) in [6.07, 6.45) is 0. The van der Waals surface area contributed by atoms with Gasteiger partial charge in [0.25, 0.3) is 0 Å². The highest BCUT2D eigenvalue weighted by Crippen LogP contribution is 2.36. The summed E-state index contributed by atoms with van der Waals surface area (Å²) in [5, 5.41) is -0.253. The third-order valence-corrected chi connectivity index (χ3v) is 3.93. The Morgan fingerprint density at radius 1 is 0.947 bits per heavy atom. The van der Waals surface area contributed by atoms with Gasteiger partial charge in [0.2, 0.25) is 0 Å². The minimum Gasteiger partial charge on any atom is -0.329 e. The van der Waals surface area contributed by atoms with Gasteiger partial charge >= 0.3 is 0 Å². The molecule has 0 aliphatic heterocycles. The quantitative estimate of drug-likeness (QED) is 0.861. The van der Waals surface area contributed by atoms with E-state index >= 15 is 0 Å². The first-order chi connectivity index (χ1) is 9.10. The molecule has 0 aromatic heterocycles. The molecule has 0 saturated carbocycles. The zero-order valence-electron chi connectivity index (χ0n) is 9.95. The minimum absolute atomic E-state index is 0.194. The Hall–Kier alpha value is -1.46. The molecular formula is C14H12F3NS. The third kappa shape index (κ3) is 3.52. The van der Waals surface area contributed by atoms with Crippen LogP contribution in [0.3, 0.4) is 0 Å². The van der Waals surface area contributed by atoms with E-state index in [9.17, 15) is 13.2 Å². The average molecular weight is 283 g/mol. The van der Waals surface area contributed by atoms with Crippen molar-refractivity contribution >= 4 is 11.8 Å². The van der Waals surface area contributed by atoms with E-state index in [4.69, 9.17) is 5.73 Å². The van der Waals surface area contributed by atoms with Crippen LogP contribution >= 0.6 is 11.8 Å². The Kier molecular flexibility index (Phi) is 4.50. The molecule has 0 aliphatic carbocycles. The van der Waals surface area contributed by atoms with Gasteiger partial charge in [-0.05, 0) is 35.9 Å². The number of rotatable bonds is 4. The lowest BCUT2D eigenvalue weighted by atomic mass is 10.1. The zero-order chi connectivity index (χ0) is 13.8. The molecule has 100 valence electrons. The Labute approximate surface area is 113 Å². The van der Waals surface area contributed by atoms with Crippen molar-refractivity contribution in [1.29, 1.82) is 0 Å². The Balaban J connectivity index is 2.23. The Bertz CT molecular complexity index is 557. The van der Waals surface area contributed by atoms with Crippen LogP contribution in [0.4, 0.5) is 13.2 Å². The molecule has 0 bridgehead atoms. The van der Waals surface area contributed by atoms with Gasteiger partial charge in [-0.3, -0.25) is 0 Å². The number of nitrogens with two attached hydrogens (primary N) is 1. The fourth-order valence-corrected chi connectivity index (χ4v) is 2.71. The van der Waals surface area contributed by atoms with Crippen LogP contribution in [0.1, 0.15) is 10.8 Å². The molecule has 2 aromatic rings. The summed E-state index contributed by atoms with van der Waals surface area (Å²) in [5.41, 5.74) is 6.42. The fraction of sp³-hybridized carbons (Fsp3) is 0.143. The van der Waals surface area contributed by atoms with E-state index in [2.05, 4.69) is 0 Å². The molecular weight excluding hydrogens is 271 g/mol. The number of hydrogen-bond acceptors (Lipinski definition) is 2. The molecule has 2 rings (SSSR count). The molecule has 0 saturated heterocycles. The summed E-state index contributed by atoms with van der Waals surface area (Å²) in [6, 6.07) is 9.10. The van der Waals surface area contributed by atoms with Gasteiger partial charge < -0.3 is 5.73 Å². The second-order valence-electron chi connectivity index (χ2n) is 3.97. The molecule has 0 radical (unpaired) electrons. The molecule has 1 unspecified atom stereocenters. The molecule has 0 fully saturated rings. The average Bonchev–Trinajstić information content (AvgIpc) is 2.41. The van der Waals surface area contributed by atoms with Crippen molar-refractivity contribution in [3.05, 3.63) is 65.5 Å². The van der Waals surface area contributed by atoms with Crippen molar-refractivity contribution in [2.75, 3.05) is 6.54 Å². The van der Waals surface area contributed by atoms with Crippen molar-refractivity contribution in [1.82, 2.24) is 0 Å². The molecule has 5 heteroatoms. The molecule has 1 atom stereocenters. The topological polar surface area (TPSA) is 26.0 Å². The number of benzene rings is 2. The standard InChI is InChI=1S/C14H12F3NS/c15-10-3-1-9(2-4-10)14(8-18)19-13-7-11(16)5-6-12(13)17/h1-7,14H,8,18H2. The summed E-state index contributed by atoms with van der Waals surface area (Å²) in [7, 11) is 0. The first-order valence-corrected chi connectivity index (χ1v) is 6.55. The van der Waals surface area contributed by atoms with Crippen LogP contribution in [0.2, 0.25) is 0 Å². The molecule has 0 aliphatic rings. The third-order valence-electron chi connectivity index (χ3n) is 2.62. The highest BCUT2D eigenvalue weighted by atomic mass is 32.2. The van der Waals surface area contributed by atoms with Crippen LogP contribution in [0.25, 0.3) is 0 Å². The lowest BCUT2D eigenvalue weighted by molar-refractivity contribution is 0.576. The molecule has 0 heterocycles. The predicted molar refractivity (Wildman–Crippen MR) is 70.4 cm³/mol. The van der Waals surface area contributed by atoms with E-state index in [0.717, 1.165) is 35.5 Å². The van der Waals surface area contributed by atoms with Crippen LogP contribution in [0.15, 0.2) is 47.4 Å². The van der Waals surface area contributed by atoms with Crippen LogP contribution in [0.5, 0.6) is 0 Å². The van der Waals surface area contributed by atoms with Crippen LogP contribution < -0.4 is 5.73 Å². The lowest BCUT2D eigenvalue weighted by Gasteiger charge is -2.15. The van der Waals surface area contributed by atoms with Gasteiger partial charge in [-0.1, -0.05) is 12.1 Å². The Morgan fingerprint density at radius 3 is 2.21 bits per heavy atom. The van der Waals surface area contributed by atoms with E-state index in [1.54, 1.807) is 12.1 Å². The van der Waals surface area contributed by atoms with E-state index in [1.807, 2.05) is 0 Å². The van der Waals surface area contributed by atoms with E-state index in [-0.39, 0.29) is 22.5 Å². The fourth-order valence-electron chi connectivity index (χ4n) is 1.65. The van der Waals surface area contributed by atoms with Gasteiger partial charge in [-0.15, -0.1) is 11.8 Å². The summed E-state index contributed by atoms with van der Waals surface area (Å²) < 4.78 is 39.5.